The van der Waals surface area contributed by atoms with Crippen LogP contribution in [-0.2, 0) is 9.53 Å². The first-order valence-electron chi connectivity index (χ1n) is 6.73. The molecular formula is C13H29N3O2. The summed E-state index contributed by atoms with van der Waals surface area (Å²) in [7, 11) is 3.73. The van der Waals surface area contributed by atoms with Crippen LogP contribution >= 0.6 is 0 Å². The highest BCUT2D eigenvalue weighted by molar-refractivity contribution is 5.81. The Kier molecular flexibility index (Phi) is 9.92. The van der Waals surface area contributed by atoms with Crippen LogP contribution in [0.1, 0.15) is 27.2 Å². The van der Waals surface area contributed by atoms with Crippen LogP contribution in [0.25, 0.3) is 0 Å². The van der Waals surface area contributed by atoms with Gasteiger partial charge in [0, 0.05) is 32.8 Å². The number of nitrogens with one attached hydrogen (secondary N) is 2. The predicted molar refractivity (Wildman–Crippen MR) is 74.7 cm³/mol. The van der Waals surface area contributed by atoms with E-state index in [-0.39, 0.29) is 11.9 Å². The van der Waals surface area contributed by atoms with Crippen LogP contribution in [0.2, 0.25) is 0 Å². The lowest BCUT2D eigenvalue weighted by molar-refractivity contribution is -0.122. The van der Waals surface area contributed by atoms with Crippen LogP contribution in [-0.4, -0.2) is 63.3 Å². The van der Waals surface area contributed by atoms with E-state index in [1.807, 2.05) is 6.92 Å². The molecule has 0 saturated heterocycles. The van der Waals surface area contributed by atoms with Crippen LogP contribution in [0.5, 0.6) is 0 Å². The Bertz CT molecular complexity index is 224. The number of ether oxygens (including phenoxy) is 1. The molecule has 0 spiro atoms. The average molecular weight is 259 g/mol. The van der Waals surface area contributed by atoms with E-state index in [0.29, 0.717) is 19.2 Å². The molecule has 0 saturated carbocycles. The molecule has 0 aliphatic carbocycles. The monoisotopic (exact) mass is 259 g/mol. The van der Waals surface area contributed by atoms with Gasteiger partial charge in [0.1, 0.15) is 0 Å². The smallest absolute Gasteiger partial charge is 0.236 e. The summed E-state index contributed by atoms with van der Waals surface area (Å²) in [5, 5.41) is 6.04. The van der Waals surface area contributed by atoms with Crippen LogP contribution < -0.4 is 10.6 Å². The zero-order valence-corrected chi connectivity index (χ0v) is 12.5. The standard InChI is InChI=1S/C13H29N3O2/c1-6-11(2)16(4)9-7-14-12(3)13(17)15-8-10-18-5/h11-12,14H,6-10H2,1-5H3,(H,15,17). The van der Waals surface area contributed by atoms with Gasteiger partial charge in [-0.05, 0) is 27.3 Å². The summed E-state index contributed by atoms with van der Waals surface area (Å²) in [4.78, 5) is 13.9. The molecular weight excluding hydrogens is 230 g/mol. The van der Waals surface area contributed by atoms with E-state index in [1.54, 1.807) is 7.11 Å². The highest BCUT2D eigenvalue weighted by atomic mass is 16.5. The Morgan fingerprint density at radius 1 is 1.33 bits per heavy atom. The molecule has 2 N–H and O–H groups in total. The Labute approximate surface area is 111 Å². The van der Waals surface area contributed by atoms with Gasteiger partial charge in [0.15, 0.2) is 0 Å². The molecule has 2 atom stereocenters. The van der Waals surface area contributed by atoms with Gasteiger partial charge in [0.25, 0.3) is 0 Å². The summed E-state index contributed by atoms with van der Waals surface area (Å²) in [6.07, 6.45) is 1.14. The summed E-state index contributed by atoms with van der Waals surface area (Å²) in [6, 6.07) is 0.421. The minimum absolute atomic E-state index is 0.0262. The second-order valence-electron chi connectivity index (χ2n) is 4.70. The second-order valence-corrected chi connectivity index (χ2v) is 4.70. The fourth-order valence-corrected chi connectivity index (χ4v) is 1.51. The molecule has 0 aliphatic rings. The molecule has 5 nitrogen and oxygen atoms in total. The zero-order valence-electron chi connectivity index (χ0n) is 12.5. The van der Waals surface area contributed by atoms with Crippen LogP contribution in [0.4, 0.5) is 0 Å². The van der Waals surface area contributed by atoms with Crippen LogP contribution in [0, 0.1) is 0 Å². The number of hydrogen-bond donors (Lipinski definition) is 2. The fourth-order valence-electron chi connectivity index (χ4n) is 1.51. The first kappa shape index (κ1) is 17.4. The van der Waals surface area contributed by atoms with Crippen molar-refractivity contribution in [2.24, 2.45) is 0 Å². The summed E-state index contributed by atoms with van der Waals surface area (Å²) >= 11 is 0. The van der Waals surface area contributed by atoms with E-state index in [1.165, 1.54) is 0 Å². The van der Waals surface area contributed by atoms with Crippen LogP contribution in [0.3, 0.4) is 0 Å². The molecule has 0 rings (SSSR count). The maximum Gasteiger partial charge on any atom is 0.236 e. The second kappa shape index (κ2) is 10.3. The number of nitrogens with zero attached hydrogens (tertiary/aromatic N) is 1. The van der Waals surface area contributed by atoms with E-state index in [2.05, 4.69) is 36.4 Å². The lowest BCUT2D eigenvalue weighted by Crippen LogP contribution is -2.45. The number of carbonyl (C=O) groups excluding carboxylic acids is 1. The van der Waals surface area contributed by atoms with Crippen molar-refractivity contribution in [3.8, 4) is 0 Å². The average Bonchev–Trinajstić information content (AvgIpc) is 2.37. The quantitative estimate of drug-likeness (QED) is 0.560. The molecule has 0 aromatic heterocycles. The molecule has 0 heterocycles. The number of likely N-dealkylation sites (N-methyl/N-ethyl adjacent to an activating group) is 1. The molecule has 108 valence electrons. The molecule has 5 heteroatoms. The third kappa shape index (κ3) is 7.63. The maximum atomic E-state index is 11.6. The molecule has 0 fully saturated rings. The van der Waals surface area contributed by atoms with Gasteiger partial charge in [-0.1, -0.05) is 6.92 Å². The Morgan fingerprint density at radius 3 is 2.56 bits per heavy atom. The van der Waals surface area contributed by atoms with E-state index >= 15 is 0 Å². The largest absolute Gasteiger partial charge is 0.383 e. The summed E-state index contributed by atoms with van der Waals surface area (Å²) in [5.74, 6) is 0.0262. The third-order valence-electron chi connectivity index (χ3n) is 3.26. The lowest BCUT2D eigenvalue weighted by Gasteiger charge is -2.24. The molecule has 18 heavy (non-hydrogen) atoms. The van der Waals surface area contributed by atoms with Gasteiger partial charge >= 0.3 is 0 Å². The van der Waals surface area contributed by atoms with Crippen molar-refractivity contribution in [1.29, 1.82) is 0 Å². The summed E-state index contributed by atoms with van der Waals surface area (Å²) in [5.41, 5.74) is 0. The van der Waals surface area contributed by atoms with Crippen molar-refractivity contribution < 1.29 is 9.53 Å². The first-order chi connectivity index (χ1) is 8.52. The molecule has 0 aliphatic heterocycles. The van der Waals surface area contributed by atoms with Gasteiger partial charge in [-0.2, -0.15) is 0 Å². The number of amides is 1. The fraction of sp³-hybridized carbons (Fsp3) is 0.923. The third-order valence-corrected chi connectivity index (χ3v) is 3.26. The van der Waals surface area contributed by atoms with Gasteiger partial charge in [-0.3, -0.25) is 4.79 Å². The summed E-state index contributed by atoms with van der Waals surface area (Å²) in [6.45, 7) is 9.15. The highest BCUT2D eigenvalue weighted by Gasteiger charge is 2.12. The van der Waals surface area contributed by atoms with Gasteiger partial charge in [0.05, 0.1) is 12.6 Å². The molecule has 1 amide bonds. The SMILES string of the molecule is CCC(C)N(C)CCNC(C)C(=O)NCCOC. The highest BCUT2D eigenvalue weighted by Crippen LogP contribution is 1.98. The molecule has 0 radical (unpaired) electrons. The minimum atomic E-state index is -0.160. The molecule has 2 unspecified atom stereocenters. The van der Waals surface area contributed by atoms with Gasteiger partial charge in [-0.15, -0.1) is 0 Å². The normalized spacial score (nSPS) is 14.6. The topological polar surface area (TPSA) is 53.6 Å². The Balaban J connectivity index is 3.69. The number of carbonyl (C=O) groups is 1. The van der Waals surface area contributed by atoms with E-state index in [0.717, 1.165) is 19.5 Å². The van der Waals surface area contributed by atoms with Gasteiger partial charge in [0.2, 0.25) is 5.91 Å². The van der Waals surface area contributed by atoms with Crippen molar-refractivity contribution in [3.63, 3.8) is 0 Å². The number of hydrogen-bond acceptors (Lipinski definition) is 4. The maximum absolute atomic E-state index is 11.6. The Morgan fingerprint density at radius 2 is 2.00 bits per heavy atom. The molecule has 0 bridgehead atoms. The van der Waals surface area contributed by atoms with Crippen molar-refractivity contribution in [1.82, 2.24) is 15.5 Å². The van der Waals surface area contributed by atoms with E-state index in [9.17, 15) is 4.79 Å². The predicted octanol–water partition coefficient (Wildman–Crippen LogP) is 0.457. The van der Waals surface area contributed by atoms with Gasteiger partial charge < -0.3 is 20.3 Å². The molecule has 0 aromatic carbocycles. The molecule has 0 aromatic rings. The summed E-state index contributed by atoms with van der Waals surface area (Å²) < 4.78 is 4.88. The zero-order chi connectivity index (χ0) is 14.0. The van der Waals surface area contributed by atoms with E-state index < -0.39 is 0 Å². The Hall–Kier alpha value is -0.650. The van der Waals surface area contributed by atoms with Crippen LogP contribution in [0.15, 0.2) is 0 Å². The van der Waals surface area contributed by atoms with Gasteiger partial charge in [-0.25, -0.2) is 0 Å². The lowest BCUT2D eigenvalue weighted by atomic mass is 10.2. The van der Waals surface area contributed by atoms with Crippen molar-refractivity contribution in [2.75, 3.05) is 40.4 Å². The van der Waals surface area contributed by atoms with Crippen molar-refractivity contribution >= 4 is 5.91 Å². The first-order valence-corrected chi connectivity index (χ1v) is 6.73. The number of rotatable bonds is 10. The van der Waals surface area contributed by atoms with Crippen molar-refractivity contribution in [3.05, 3.63) is 0 Å². The number of methoxy groups -OCH3 is 1. The van der Waals surface area contributed by atoms with Crippen molar-refractivity contribution in [2.45, 2.75) is 39.3 Å². The van der Waals surface area contributed by atoms with E-state index in [4.69, 9.17) is 4.74 Å². The minimum Gasteiger partial charge on any atom is -0.383 e.